The summed E-state index contributed by atoms with van der Waals surface area (Å²) >= 11 is 4.94. The van der Waals surface area contributed by atoms with Gasteiger partial charge in [0.15, 0.2) is 5.58 Å². The molecule has 2 N–H and O–H groups in total. The van der Waals surface area contributed by atoms with Gasteiger partial charge in [0.05, 0.1) is 26.8 Å². The first-order valence-corrected chi connectivity index (χ1v) is 8.73. The summed E-state index contributed by atoms with van der Waals surface area (Å²) in [6.07, 6.45) is 0. The van der Waals surface area contributed by atoms with Gasteiger partial charge in [0, 0.05) is 17.5 Å². The van der Waals surface area contributed by atoms with E-state index in [1.807, 2.05) is 6.92 Å². The van der Waals surface area contributed by atoms with Crippen molar-refractivity contribution in [1.29, 1.82) is 0 Å². The van der Waals surface area contributed by atoms with Crippen molar-refractivity contribution >= 4 is 45.7 Å². The number of aromatic nitrogens is 1. The highest BCUT2D eigenvalue weighted by Gasteiger charge is 2.15. The van der Waals surface area contributed by atoms with Crippen LogP contribution >= 0.6 is 12.2 Å². The second-order valence-corrected chi connectivity index (χ2v) is 6.89. The van der Waals surface area contributed by atoms with Crippen molar-refractivity contribution in [2.24, 2.45) is 0 Å². The Bertz CT molecular complexity index is 959. The molecule has 0 radical (unpaired) electrons. The minimum atomic E-state index is -1.20. The number of oxazole rings is 1. The molecule has 7 heteroatoms. The lowest BCUT2D eigenvalue weighted by Gasteiger charge is -2.09. The summed E-state index contributed by atoms with van der Waals surface area (Å²) in [5.41, 5.74) is 2.32. The SMILES string of the molecule is CCS(=O)c1ccccc1C(=O)Nc1ccc2[nH]c(=S)oc2c1. The van der Waals surface area contributed by atoms with Gasteiger partial charge in [-0.05, 0) is 36.5 Å². The maximum Gasteiger partial charge on any atom is 0.266 e. The molecule has 0 aliphatic rings. The van der Waals surface area contributed by atoms with Crippen LogP contribution < -0.4 is 5.32 Å². The van der Waals surface area contributed by atoms with Crippen LogP contribution in [0.3, 0.4) is 0 Å². The Hall–Kier alpha value is -2.25. The van der Waals surface area contributed by atoms with Gasteiger partial charge in [-0.1, -0.05) is 19.1 Å². The number of hydrogen-bond donors (Lipinski definition) is 2. The maximum absolute atomic E-state index is 12.5. The van der Waals surface area contributed by atoms with Crippen molar-refractivity contribution < 1.29 is 13.4 Å². The number of aromatic amines is 1. The van der Waals surface area contributed by atoms with Crippen LogP contribution in [-0.2, 0) is 10.8 Å². The smallest absolute Gasteiger partial charge is 0.266 e. The van der Waals surface area contributed by atoms with Crippen LogP contribution in [0.15, 0.2) is 51.8 Å². The van der Waals surface area contributed by atoms with E-state index in [2.05, 4.69) is 10.3 Å². The molecule has 1 aromatic heterocycles. The molecule has 1 atom stereocenters. The molecular weight excluding hydrogens is 332 g/mol. The van der Waals surface area contributed by atoms with Gasteiger partial charge in [-0.25, -0.2) is 0 Å². The third-order valence-electron chi connectivity index (χ3n) is 3.32. The van der Waals surface area contributed by atoms with Crippen molar-refractivity contribution in [1.82, 2.24) is 4.98 Å². The molecule has 2 aromatic carbocycles. The van der Waals surface area contributed by atoms with Crippen LogP contribution in [0.1, 0.15) is 17.3 Å². The lowest BCUT2D eigenvalue weighted by Crippen LogP contribution is -2.15. The molecule has 1 amide bonds. The van der Waals surface area contributed by atoms with Gasteiger partial charge < -0.3 is 14.7 Å². The van der Waals surface area contributed by atoms with E-state index in [0.717, 1.165) is 5.52 Å². The Balaban J connectivity index is 1.91. The van der Waals surface area contributed by atoms with E-state index < -0.39 is 10.8 Å². The molecule has 3 rings (SSSR count). The summed E-state index contributed by atoms with van der Waals surface area (Å²) in [5.74, 6) is 0.149. The highest BCUT2D eigenvalue weighted by Crippen LogP contribution is 2.21. The summed E-state index contributed by atoms with van der Waals surface area (Å²) in [7, 11) is -1.20. The summed E-state index contributed by atoms with van der Waals surface area (Å²) in [5, 5.41) is 2.80. The highest BCUT2D eigenvalue weighted by molar-refractivity contribution is 7.85. The van der Waals surface area contributed by atoms with Gasteiger partial charge in [-0.15, -0.1) is 0 Å². The van der Waals surface area contributed by atoms with Crippen molar-refractivity contribution in [3.05, 3.63) is 52.9 Å². The zero-order chi connectivity index (χ0) is 16.4. The first-order valence-electron chi connectivity index (χ1n) is 7.00. The predicted molar refractivity (Wildman–Crippen MR) is 92.7 cm³/mol. The molecule has 118 valence electrons. The van der Waals surface area contributed by atoms with Crippen molar-refractivity contribution in [2.45, 2.75) is 11.8 Å². The van der Waals surface area contributed by atoms with Gasteiger partial charge >= 0.3 is 0 Å². The largest absolute Gasteiger partial charge is 0.429 e. The average molecular weight is 346 g/mol. The van der Waals surface area contributed by atoms with Crippen LogP contribution in [0, 0.1) is 4.84 Å². The number of fused-ring (bicyclic) bond motifs is 1. The van der Waals surface area contributed by atoms with Gasteiger partial charge in [0.1, 0.15) is 0 Å². The molecule has 1 unspecified atom stereocenters. The third-order valence-corrected chi connectivity index (χ3v) is 4.87. The van der Waals surface area contributed by atoms with E-state index in [1.165, 1.54) is 0 Å². The lowest BCUT2D eigenvalue weighted by molar-refractivity contribution is 0.102. The second-order valence-electron chi connectivity index (χ2n) is 4.81. The quantitative estimate of drug-likeness (QED) is 0.703. The Morgan fingerprint density at radius 1 is 1.30 bits per heavy atom. The topological polar surface area (TPSA) is 75.1 Å². The molecule has 0 saturated carbocycles. The number of benzene rings is 2. The van der Waals surface area contributed by atoms with Crippen LogP contribution in [0.5, 0.6) is 0 Å². The number of hydrogen-bond acceptors (Lipinski definition) is 4. The summed E-state index contributed by atoms with van der Waals surface area (Å²) in [6, 6.07) is 12.1. The highest BCUT2D eigenvalue weighted by atomic mass is 32.2. The molecule has 5 nitrogen and oxygen atoms in total. The third kappa shape index (κ3) is 3.25. The van der Waals surface area contributed by atoms with E-state index in [-0.39, 0.29) is 10.7 Å². The van der Waals surface area contributed by atoms with Crippen LogP contribution in [-0.4, -0.2) is 20.9 Å². The minimum absolute atomic E-state index is 0.284. The van der Waals surface area contributed by atoms with Crippen LogP contribution in [0.25, 0.3) is 11.1 Å². The molecule has 0 saturated heterocycles. The molecule has 23 heavy (non-hydrogen) atoms. The van der Waals surface area contributed by atoms with E-state index in [4.69, 9.17) is 16.6 Å². The Kier molecular flexibility index (Phi) is 4.40. The summed E-state index contributed by atoms with van der Waals surface area (Å²) in [4.78, 5) is 16.2. The molecule has 0 spiro atoms. The number of carbonyl (C=O) groups is 1. The van der Waals surface area contributed by atoms with Crippen molar-refractivity contribution in [3.63, 3.8) is 0 Å². The fourth-order valence-electron chi connectivity index (χ4n) is 2.23. The first-order chi connectivity index (χ1) is 11.1. The van der Waals surface area contributed by atoms with Gasteiger partial charge in [0.2, 0.25) is 0 Å². The molecular formula is C16H14N2O3S2. The molecule has 0 bridgehead atoms. The van der Waals surface area contributed by atoms with Gasteiger partial charge in [-0.2, -0.15) is 0 Å². The first kappa shape index (κ1) is 15.6. The molecule has 1 heterocycles. The summed E-state index contributed by atoms with van der Waals surface area (Å²) < 4.78 is 17.4. The van der Waals surface area contributed by atoms with Crippen molar-refractivity contribution in [3.8, 4) is 0 Å². The van der Waals surface area contributed by atoms with E-state index in [0.29, 0.717) is 27.5 Å². The number of amides is 1. The monoisotopic (exact) mass is 346 g/mol. The molecule has 0 aliphatic heterocycles. The van der Waals surface area contributed by atoms with E-state index >= 15 is 0 Å². The predicted octanol–water partition coefficient (Wildman–Crippen LogP) is 3.87. The van der Waals surface area contributed by atoms with Crippen LogP contribution in [0.4, 0.5) is 5.69 Å². The molecule has 3 aromatic rings. The fourth-order valence-corrected chi connectivity index (χ4v) is 3.38. The molecule has 0 aliphatic carbocycles. The average Bonchev–Trinajstić information content (AvgIpc) is 2.93. The minimum Gasteiger partial charge on any atom is -0.429 e. The number of rotatable bonds is 4. The zero-order valence-corrected chi connectivity index (χ0v) is 13.9. The Morgan fingerprint density at radius 2 is 2.09 bits per heavy atom. The van der Waals surface area contributed by atoms with Gasteiger partial charge in [-0.3, -0.25) is 9.00 Å². The fraction of sp³-hybridized carbons (Fsp3) is 0.125. The zero-order valence-electron chi connectivity index (χ0n) is 12.3. The normalized spacial score (nSPS) is 12.2. The number of nitrogens with one attached hydrogen (secondary N) is 2. The number of carbonyl (C=O) groups excluding carboxylic acids is 1. The Labute approximate surface area is 140 Å². The Morgan fingerprint density at radius 3 is 2.87 bits per heavy atom. The van der Waals surface area contributed by atoms with Crippen molar-refractivity contribution in [2.75, 3.05) is 11.1 Å². The standard InChI is InChI=1S/C16H14N2O3S2/c1-2-23(20)14-6-4-3-5-11(14)15(19)17-10-7-8-12-13(9-10)21-16(22)18-12/h3-9H,2H2,1H3,(H,17,19)(H,18,22). The maximum atomic E-state index is 12.5. The summed E-state index contributed by atoms with van der Waals surface area (Å²) in [6.45, 7) is 1.82. The number of anilines is 1. The van der Waals surface area contributed by atoms with Crippen LogP contribution in [0.2, 0.25) is 0 Å². The van der Waals surface area contributed by atoms with E-state index in [9.17, 15) is 9.00 Å². The molecule has 0 fully saturated rings. The lowest BCUT2D eigenvalue weighted by atomic mass is 10.2. The van der Waals surface area contributed by atoms with E-state index in [1.54, 1.807) is 42.5 Å². The van der Waals surface area contributed by atoms with Gasteiger partial charge in [0.25, 0.3) is 10.7 Å². The second kappa shape index (κ2) is 6.47. The number of H-pyrrole nitrogens is 1.